The summed E-state index contributed by atoms with van der Waals surface area (Å²) in [5.74, 6) is 0.0386. The maximum atomic E-state index is 12.0. The lowest BCUT2D eigenvalue weighted by molar-refractivity contribution is -0.121. The highest BCUT2D eigenvalue weighted by Crippen LogP contribution is 2.15. The Morgan fingerprint density at radius 3 is 2.48 bits per heavy atom. The van der Waals surface area contributed by atoms with Gasteiger partial charge in [0.15, 0.2) is 0 Å². The number of carbonyl (C=O) groups excluding carboxylic acids is 1. The molecule has 0 radical (unpaired) electrons. The van der Waals surface area contributed by atoms with Gasteiger partial charge >= 0.3 is 0 Å². The molecule has 2 aromatic rings. The van der Waals surface area contributed by atoms with Gasteiger partial charge in [0, 0.05) is 63.6 Å². The normalized spacial score (nSPS) is 15.1. The molecule has 1 aromatic heterocycles. The van der Waals surface area contributed by atoms with Gasteiger partial charge in [-0.2, -0.15) is 0 Å². The van der Waals surface area contributed by atoms with Gasteiger partial charge in [-0.05, 0) is 17.7 Å². The Balaban J connectivity index is 1.36. The third-order valence-corrected chi connectivity index (χ3v) is 4.49. The van der Waals surface area contributed by atoms with Gasteiger partial charge in [-0.3, -0.25) is 14.5 Å². The Hall–Kier alpha value is -2.60. The number of nitrogens with one attached hydrogen (secondary N) is 2. The summed E-state index contributed by atoms with van der Waals surface area (Å²) in [4.78, 5) is 30.3. The molecule has 0 unspecified atom stereocenters. The zero-order valence-corrected chi connectivity index (χ0v) is 14.3. The van der Waals surface area contributed by atoms with E-state index in [2.05, 4.69) is 44.4 Å². The van der Waals surface area contributed by atoms with Crippen molar-refractivity contribution in [1.82, 2.24) is 15.2 Å². The fraction of sp³-hybridized carbons (Fsp3) is 0.368. The van der Waals surface area contributed by atoms with Crippen LogP contribution in [0.5, 0.6) is 0 Å². The third-order valence-electron chi connectivity index (χ3n) is 4.49. The number of hydrogen-bond acceptors (Lipinski definition) is 4. The van der Waals surface area contributed by atoms with E-state index in [0.717, 1.165) is 38.3 Å². The van der Waals surface area contributed by atoms with Crippen molar-refractivity contribution in [3.63, 3.8) is 0 Å². The minimum Gasteiger partial charge on any atom is -0.369 e. The van der Waals surface area contributed by atoms with E-state index in [-0.39, 0.29) is 11.5 Å². The van der Waals surface area contributed by atoms with Crippen LogP contribution in [0.1, 0.15) is 12.0 Å². The van der Waals surface area contributed by atoms with Gasteiger partial charge in [0.2, 0.25) is 11.5 Å². The van der Waals surface area contributed by atoms with E-state index in [1.807, 2.05) is 6.07 Å². The Kier molecular flexibility index (Phi) is 5.85. The predicted octanol–water partition coefficient (Wildman–Crippen LogP) is 1.20. The highest BCUT2D eigenvalue weighted by Gasteiger charge is 2.17. The van der Waals surface area contributed by atoms with Crippen molar-refractivity contribution >= 4 is 11.6 Å². The number of carbonyl (C=O) groups is 1. The third kappa shape index (κ3) is 5.19. The van der Waals surface area contributed by atoms with E-state index in [1.54, 1.807) is 12.3 Å². The summed E-state index contributed by atoms with van der Waals surface area (Å²) in [6, 6.07) is 13.6. The molecule has 2 N–H and O–H groups in total. The molecule has 0 bridgehead atoms. The number of amides is 1. The predicted molar refractivity (Wildman–Crippen MR) is 98.6 cm³/mol. The van der Waals surface area contributed by atoms with Gasteiger partial charge < -0.3 is 15.2 Å². The molecule has 0 atom stereocenters. The highest BCUT2D eigenvalue weighted by atomic mass is 16.1. The number of para-hydroxylation sites is 1. The molecule has 1 aromatic carbocycles. The molecule has 1 fully saturated rings. The second-order valence-electron chi connectivity index (χ2n) is 6.25. The molecular formula is C19H24N4O2. The monoisotopic (exact) mass is 340 g/mol. The number of rotatable bonds is 6. The summed E-state index contributed by atoms with van der Waals surface area (Å²) in [6.45, 7) is 5.15. The molecule has 2 heterocycles. The van der Waals surface area contributed by atoms with Gasteiger partial charge in [0.1, 0.15) is 0 Å². The van der Waals surface area contributed by atoms with Crippen LogP contribution in [-0.4, -0.2) is 48.5 Å². The van der Waals surface area contributed by atoms with Crippen molar-refractivity contribution in [3.05, 3.63) is 64.6 Å². The molecule has 132 valence electrons. The molecule has 1 amide bonds. The van der Waals surface area contributed by atoms with E-state index < -0.39 is 0 Å². The highest BCUT2D eigenvalue weighted by molar-refractivity contribution is 5.76. The number of nitrogens with zero attached hydrogens (tertiary/aromatic N) is 2. The molecule has 3 rings (SSSR count). The summed E-state index contributed by atoms with van der Waals surface area (Å²) >= 11 is 0. The van der Waals surface area contributed by atoms with E-state index in [1.165, 1.54) is 11.8 Å². The van der Waals surface area contributed by atoms with Crippen LogP contribution in [0.15, 0.2) is 53.5 Å². The minimum atomic E-state index is -0.135. The number of aromatic nitrogens is 1. The second-order valence-corrected chi connectivity index (χ2v) is 6.25. The quantitative estimate of drug-likeness (QED) is 0.829. The van der Waals surface area contributed by atoms with Crippen molar-refractivity contribution in [2.24, 2.45) is 0 Å². The van der Waals surface area contributed by atoms with Crippen LogP contribution in [0.2, 0.25) is 0 Å². The van der Waals surface area contributed by atoms with Crippen molar-refractivity contribution in [2.45, 2.75) is 13.0 Å². The van der Waals surface area contributed by atoms with E-state index >= 15 is 0 Å². The van der Waals surface area contributed by atoms with Crippen LogP contribution >= 0.6 is 0 Å². The number of anilines is 1. The zero-order chi connectivity index (χ0) is 17.5. The number of benzene rings is 1. The lowest BCUT2D eigenvalue weighted by Gasteiger charge is -2.36. The molecular weight excluding hydrogens is 316 g/mol. The maximum Gasteiger partial charge on any atom is 0.247 e. The van der Waals surface area contributed by atoms with Gasteiger partial charge in [-0.15, -0.1) is 0 Å². The molecule has 0 spiro atoms. The Morgan fingerprint density at radius 2 is 1.80 bits per heavy atom. The molecule has 1 aliphatic heterocycles. The SMILES string of the molecule is O=C(CCN1CCN(c2ccccc2)CC1)NCc1ccc(=O)[nH]c1. The maximum absolute atomic E-state index is 12.0. The first-order valence-corrected chi connectivity index (χ1v) is 8.67. The van der Waals surface area contributed by atoms with Crippen LogP contribution in [0.4, 0.5) is 5.69 Å². The first-order valence-electron chi connectivity index (χ1n) is 8.67. The fourth-order valence-corrected chi connectivity index (χ4v) is 2.97. The van der Waals surface area contributed by atoms with Crippen LogP contribution in [-0.2, 0) is 11.3 Å². The Morgan fingerprint density at radius 1 is 1.04 bits per heavy atom. The largest absolute Gasteiger partial charge is 0.369 e. The van der Waals surface area contributed by atoms with Gasteiger partial charge in [0.05, 0.1) is 0 Å². The lowest BCUT2D eigenvalue weighted by atomic mass is 10.2. The molecule has 1 saturated heterocycles. The number of H-pyrrole nitrogens is 1. The zero-order valence-electron chi connectivity index (χ0n) is 14.3. The first kappa shape index (κ1) is 17.2. The van der Waals surface area contributed by atoms with Crippen molar-refractivity contribution in [3.8, 4) is 0 Å². The topological polar surface area (TPSA) is 68.4 Å². The van der Waals surface area contributed by atoms with Crippen LogP contribution in [0.25, 0.3) is 0 Å². The van der Waals surface area contributed by atoms with Gasteiger partial charge in [-0.25, -0.2) is 0 Å². The number of piperazine rings is 1. The first-order chi connectivity index (χ1) is 12.2. The fourth-order valence-electron chi connectivity index (χ4n) is 2.97. The van der Waals surface area contributed by atoms with Crippen molar-refractivity contribution in [2.75, 3.05) is 37.6 Å². The summed E-state index contributed by atoms with van der Waals surface area (Å²) in [5, 5.41) is 2.89. The molecule has 0 saturated carbocycles. The van der Waals surface area contributed by atoms with E-state index in [9.17, 15) is 9.59 Å². The standard InChI is InChI=1S/C19H24N4O2/c24-18-7-6-16(14-20-18)15-21-19(25)8-9-22-10-12-23(13-11-22)17-4-2-1-3-5-17/h1-7,14H,8-13,15H2,(H,20,24)(H,21,25). The van der Waals surface area contributed by atoms with Crippen LogP contribution in [0, 0.1) is 0 Å². The molecule has 25 heavy (non-hydrogen) atoms. The van der Waals surface area contributed by atoms with Crippen molar-refractivity contribution in [1.29, 1.82) is 0 Å². The van der Waals surface area contributed by atoms with Gasteiger partial charge in [-0.1, -0.05) is 24.3 Å². The molecule has 1 aliphatic rings. The molecule has 6 nitrogen and oxygen atoms in total. The number of aromatic amines is 1. The smallest absolute Gasteiger partial charge is 0.247 e. The average molecular weight is 340 g/mol. The molecule has 0 aliphatic carbocycles. The van der Waals surface area contributed by atoms with Crippen LogP contribution in [0.3, 0.4) is 0 Å². The van der Waals surface area contributed by atoms with Crippen molar-refractivity contribution < 1.29 is 4.79 Å². The Bertz CT molecular complexity index is 716. The second kappa shape index (κ2) is 8.48. The van der Waals surface area contributed by atoms with Gasteiger partial charge in [0.25, 0.3) is 0 Å². The van der Waals surface area contributed by atoms with Crippen LogP contribution < -0.4 is 15.8 Å². The number of pyridine rings is 1. The molecule has 6 heteroatoms. The lowest BCUT2D eigenvalue weighted by Crippen LogP contribution is -2.47. The van der Waals surface area contributed by atoms with E-state index in [4.69, 9.17) is 0 Å². The summed E-state index contributed by atoms with van der Waals surface area (Å²) in [5.41, 5.74) is 2.02. The summed E-state index contributed by atoms with van der Waals surface area (Å²) in [6.07, 6.45) is 2.13. The van der Waals surface area contributed by atoms with E-state index in [0.29, 0.717) is 13.0 Å². The average Bonchev–Trinajstić information content (AvgIpc) is 2.67. The minimum absolute atomic E-state index is 0.0386. The Labute approximate surface area is 147 Å². The number of hydrogen-bond donors (Lipinski definition) is 2. The summed E-state index contributed by atoms with van der Waals surface area (Å²) < 4.78 is 0. The summed E-state index contributed by atoms with van der Waals surface area (Å²) in [7, 11) is 0.